The van der Waals surface area contributed by atoms with Gasteiger partial charge in [0.2, 0.25) is 0 Å². The van der Waals surface area contributed by atoms with Crippen molar-refractivity contribution in [3.05, 3.63) is 98.6 Å². The molecule has 5 aromatic rings. The molecule has 0 amide bonds. The Hall–Kier alpha value is -4.59. The van der Waals surface area contributed by atoms with Gasteiger partial charge in [0.05, 0.1) is 13.3 Å². The number of hydrogen-bond acceptors (Lipinski definition) is 4. The van der Waals surface area contributed by atoms with Crippen molar-refractivity contribution in [2.45, 2.75) is 13.8 Å². The molecule has 1 N–H and O–H groups in total. The zero-order valence-electron chi connectivity index (χ0n) is 21.2. The number of rotatable bonds is 5. The highest BCUT2D eigenvalue weighted by Crippen LogP contribution is 2.39. The first-order valence-electron chi connectivity index (χ1n) is 11.7. The lowest BCUT2D eigenvalue weighted by Gasteiger charge is -2.17. The fourth-order valence-electron chi connectivity index (χ4n) is 4.50. The number of aryl methyl sites for hydroxylation is 4. The summed E-state index contributed by atoms with van der Waals surface area (Å²) in [5, 5.41) is 0.542. The number of benzene rings is 2. The monoisotopic (exact) mass is 499 g/mol. The van der Waals surface area contributed by atoms with Gasteiger partial charge in [0.1, 0.15) is 22.8 Å². The molecule has 0 spiro atoms. The normalized spacial score (nSPS) is 11.2. The Morgan fingerprint density at radius 2 is 1.59 bits per heavy atom. The molecule has 0 saturated carbocycles. The first-order chi connectivity index (χ1) is 17.7. The Bertz CT molecular complexity index is 1780. The largest absolute Gasteiger partial charge is 0.497 e. The van der Waals surface area contributed by atoms with Crippen molar-refractivity contribution in [1.82, 2.24) is 14.1 Å². The third-order valence-electron chi connectivity index (χ3n) is 6.53. The molecule has 37 heavy (non-hydrogen) atoms. The number of aromatic nitrogens is 3. The topological polar surface area (TPSA) is 78.2 Å². The second-order valence-corrected chi connectivity index (χ2v) is 9.10. The minimum absolute atomic E-state index is 0.236. The maximum atomic E-state index is 14.8. The van der Waals surface area contributed by atoms with E-state index in [1.807, 2.05) is 32.0 Å². The van der Waals surface area contributed by atoms with Crippen LogP contribution in [-0.2, 0) is 14.1 Å². The van der Waals surface area contributed by atoms with Gasteiger partial charge in [-0.2, -0.15) is 0 Å². The van der Waals surface area contributed by atoms with Crippen LogP contribution in [0.15, 0.2) is 70.5 Å². The summed E-state index contributed by atoms with van der Waals surface area (Å²) in [6, 6.07) is 13.5. The van der Waals surface area contributed by atoms with E-state index in [9.17, 15) is 14.0 Å². The SMILES string of the molecule is COc1ccc(F)c(-c2cc3c(-c4cc(=O)n(C)cc4Oc4c(C)cccc4C)cn(C)c(=O)c3[nH]2)c1. The molecule has 188 valence electrons. The van der Waals surface area contributed by atoms with Gasteiger partial charge in [-0.25, -0.2) is 4.39 Å². The predicted octanol–water partition coefficient (Wildman–Crippen LogP) is 5.46. The molecule has 3 aromatic heterocycles. The van der Waals surface area contributed by atoms with E-state index in [0.29, 0.717) is 39.5 Å². The molecule has 8 heteroatoms. The molecule has 0 fully saturated rings. The fraction of sp³-hybridized carbons (Fsp3) is 0.172. The van der Waals surface area contributed by atoms with Crippen molar-refractivity contribution >= 4 is 10.9 Å². The summed E-state index contributed by atoms with van der Waals surface area (Å²) >= 11 is 0. The van der Waals surface area contributed by atoms with Crippen LogP contribution in [0.3, 0.4) is 0 Å². The van der Waals surface area contributed by atoms with E-state index in [0.717, 1.165) is 11.1 Å². The van der Waals surface area contributed by atoms with Crippen molar-refractivity contribution in [2.24, 2.45) is 14.1 Å². The predicted molar refractivity (Wildman–Crippen MR) is 142 cm³/mol. The number of fused-ring (bicyclic) bond motifs is 1. The van der Waals surface area contributed by atoms with Gasteiger partial charge in [0.25, 0.3) is 11.1 Å². The summed E-state index contributed by atoms with van der Waals surface area (Å²) in [5.41, 5.74) is 3.46. The quantitative estimate of drug-likeness (QED) is 0.349. The summed E-state index contributed by atoms with van der Waals surface area (Å²) in [7, 11) is 4.79. The van der Waals surface area contributed by atoms with E-state index in [4.69, 9.17) is 9.47 Å². The third kappa shape index (κ3) is 4.20. The molecular weight excluding hydrogens is 473 g/mol. The highest BCUT2D eigenvalue weighted by molar-refractivity contribution is 5.98. The lowest BCUT2D eigenvalue weighted by atomic mass is 10.0. The molecule has 5 rings (SSSR count). The molecule has 7 nitrogen and oxygen atoms in total. The van der Waals surface area contributed by atoms with Gasteiger partial charge in [-0.1, -0.05) is 18.2 Å². The zero-order chi connectivity index (χ0) is 26.4. The van der Waals surface area contributed by atoms with Gasteiger partial charge >= 0.3 is 0 Å². The number of hydrogen-bond donors (Lipinski definition) is 1. The number of para-hydroxylation sites is 1. The number of H-pyrrole nitrogens is 1. The van der Waals surface area contributed by atoms with Crippen molar-refractivity contribution < 1.29 is 13.9 Å². The number of nitrogens with zero attached hydrogens (tertiary/aromatic N) is 2. The second-order valence-electron chi connectivity index (χ2n) is 9.10. The summed E-state index contributed by atoms with van der Waals surface area (Å²) < 4.78 is 29.3. The van der Waals surface area contributed by atoms with Gasteiger partial charge < -0.3 is 23.6 Å². The molecule has 0 aliphatic carbocycles. The highest BCUT2D eigenvalue weighted by atomic mass is 19.1. The minimum Gasteiger partial charge on any atom is -0.497 e. The lowest BCUT2D eigenvalue weighted by molar-refractivity contribution is 0.414. The lowest BCUT2D eigenvalue weighted by Crippen LogP contribution is -2.18. The summed E-state index contributed by atoms with van der Waals surface area (Å²) in [4.78, 5) is 28.9. The molecule has 0 aliphatic rings. The van der Waals surface area contributed by atoms with Crippen molar-refractivity contribution in [2.75, 3.05) is 7.11 Å². The van der Waals surface area contributed by atoms with Gasteiger partial charge in [0.15, 0.2) is 5.75 Å². The van der Waals surface area contributed by atoms with Crippen LogP contribution in [0.1, 0.15) is 11.1 Å². The Morgan fingerprint density at radius 3 is 2.30 bits per heavy atom. The maximum absolute atomic E-state index is 14.8. The van der Waals surface area contributed by atoms with Gasteiger partial charge in [-0.3, -0.25) is 9.59 Å². The number of halogens is 1. The van der Waals surface area contributed by atoms with E-state index in [-0.39, 0.29) is 22.2 Å². The fourth-order valence-corrected chi connectivity index (χ4v) is 4.50. The van der Waals surface area contributed by atoms with E-state index in [2.05, 4.69) is 4.98 Å². The molecular formula is C29H26FN3O4. The number of aromatic amines is 1. The summed E-state index contributed by atoms with van der Waals surface area (Å²) in [5.74, 6) is 1.17. The number of ether oxygens (including phenoxy) is 2. The van der Waals surface area contributed by atoms with E-state index >= 15 is 0 Å². The Balaban J connectivity index is 1.78. The average Bonchev–Trinajstić information content (AvgIpc) is 3.32. The van der Waals surface area contributed by atoms with E-state index in [1.165, 1.54) is 34.4 Å². The first-order valence-corrected chi connectivity index (χ1v) is 11.7. The molecule has 0 bridgehead atoms. The summed E-state index contributed by atoms with van der Waals surface area (Å²) in [6.07, 6.45) is 3.30. The molecule has 0 radical (unpaired) electrons. The molecule has 0 aliphatic heterocycles. The van der Waals surface area contributed by atoms with Crippen LogP contribution >= 0.6 is 0 Å². The second kappa shape index (κ2) is 9.13. The molecule has 0 unspecified atom stereocenters. The van der Waals surface area contributed by atoms with E-state index in [1.54, 1.807) is 38.6 Å². The molecule has 2 aromatic carbocycles. The van der Waals surface area contributed by atoms with E-state index < -0.39 is 5.82 Å². The average molecular weight is 500 g/mol. The van der Waals surface area contributed by atoms with Crippen LogP contribution in [0.2, 0.25) is 0 Å². The number of pyridine rings is 2. The highest BCUT2D eigenvalue weighted by Gasteiger charge is 2.20. The Labute approximate surface area is 212 Å². The van der Waals surface area contributed by atoms with Crippen LogP contribution in [0, 0.1) is 19.7 Å². The molecule has 0 saturated heterocycles. The van der Waals surface area contributed by atoms with Crippen LogP contribution < -0.4 is 20.6 Å². The van der Waals surface area contributed by atoms with Crippen LogP contribution in [0.5, 0.6) is 17.2 Å². The maximum Gasteiger partial charge on any atom is 0.274 e. The van der Waals surface area contributed by atoms with Crippen molar-refractivity contribution in [3.8, 4) is 39.6 Å². The van der Waals surface area contributed by atoms with Gasteiger partial charge in [-0.05, 0) is 49.2 Å². The van der Waals surface area contributed by atoms with Crippen molar-refractivity contribution in [1.29, 1.82) is 0 Å². The standard InChI is InChI=1S/C29H26FN3O4/c1-16-7-6-8-17(2)28(16)37-25-15-32(3)26(34)13-19(25)22-14-33(4)29(35)27-20(22)12-24(31-27)21-11-18(36-5)9-10-23(21)30/h6-15,31H,1-5H3. The number of methoxy groups -OCH3 is 1. The van der Waals surface area contributed by atoms with Gasteiger partial charge in [-0.15, -0.1) is 0 Å². The van der Waals surface area contributed by atoms with Crippen LogP contribution in [-0.4, -0.2) is 21.2 Å². The first kappa shape index (κ1) is 24.1. The number of nitrogens with one attached hydrogen (secondary N) is 1. The van der Waals surface area contributed by atoms with Crippen LogP contribution in [0.4, 0.5) is 4.39 Å². The summed E-state index contributed by atoms with van der Waals surface area (Å²) in [6.45, 7) is 3.91. The Morgan fingerprint density at radius 1 is 0.865 bits per heavy atom. The van der Waals surface area contributed by atoms with Crippen LogP contribution in [0.25, 0.3) is 33.3 Å². The Kier molecular flexibility index (Phi) is 5.95. The molecule has 0 atom stereocenters. The minimum atomic E-state index is -0.460. The third-order valence-corrected chi connectivity index (χ3v) is 6.53. The van der Waals surface area contributed by atoms with Gasteiger partial charge in [0, 0.05) is 54.1 Å². The smallest absolute Gasteiger partial charge is 0.274 e. The van der Waals surface area contributed by atoms with Crippen molar-refractivity contribution in [3.63, 3.8) is 0 Å². The zero-order valence-corrected chi connectivity index (χ0v) is 21.2. The molecule has 3 heterocycles.